The summed E-state index contributed by atoms with van der Waals surface area (Å²) in [6, 6.07) is 25.6. The first-order valence-corrected chi connectivity index (χ1v) is 12.5. The van der Waals surface area contributed by atoms with Crippen molar-refractivity contribution in [2.45, 2.75) is 30.3 Å². The zero-order chi connectivity index (χ0) is 24.4. The number of hydrogen-bond donors (Lipinski definition) is 4. The monoisotopic (exact) mass is 483 g/mol. The van der Waals surface area contributed by atoms with Crippen molar-refractivity contribution in [3.63, 3.8) is 0 Å². The number of carbonyl (C=O) groups is 2. The first-order chi connectivity index (χ1) is 17.0. The molecule has 4 aromatic rings. The summed E-state index contributed by atoms with van der Waals surface area (Å²) in [6.45, 7) is 2.04. The molecule has 0 bridgehead atoms. The Hall–Kier alpha value is -3.73. The van der Waals surface area contributed by atoms with Crippen LogP contribution in [0.25, 0.3) is 10.9 Å². The van der Waals surface area contributed by atoms with Crippen LogP contribution in [0.5, 0.6) is 0 Å². The second-order valence-electron chi connectivity index (χ2n) is 8.69. The SMILES string of the molecule is Cc1ccc(C2N[C@H](C(=O)NC(C(=O)O)C(c3ccccc3)c3c[nH]c4ccc#cc34)CS2)cc1. The largest absolute Gasteiger partial charge is 0.480 e. The van der Waals surface area contributed by atoms with E-state index in [9.17, 15) is 14.7 Å². The number of aliphatic carboxylic acids is 1. The molecule has 5 rings (SSSR count). The lowest BCUT2D eigenvalue weighted by molar-refractivity contribution is -0.142. The highest BCUT2D eigenvalue weighted by Crippen LogP contribution is 2.35. The second kappa shape index (κ2) is 9.87. The van der Waals surface area contributed by atoms with Crippen LogP contribution in [0.4, 0.5) is 0 Å². The van der Waals surface area contributed by atoms with Crippen molar-refractivity contribution in [2.24, 2.45) is 0 Å². The molecule has 6 nitrogen and oxygen atoms in total. The van der Waals surface area contributed by atoms with E-state index >= 15 is 0 Å². The Labute approximate surface area is 208 Å². The van der Waals surface area contributed by atoms with E-state index in [1.54, 1.807) is 24.0 Å². The summed E-state index contributed by atoms with van der Waals surface area (Å²) in [5.41, 5.74) is 4.66. The number of carbonyl (C=O) groups excluding carboxylic acids is 1. The van der Waals surface area contributed by atoms with Crippen molar-refractivity contribution in [1.82, 2.24) is 15.6 Å². The number of aromatic nitrogens is 1. The van der Waals surface area contributed by atoms with E-state index in [1.807, 2.05) is 55.5 Å². The Morgan fingerprint density at radius 3 is 2.63 bits per heavy atom. The van der Waals surface area contributed by atoms with Gasteiger partial charge in [0.05, 0.1) is 22.3 Å². The van der Waals surface area contributed by atoms with Crippen LogP contribution in [0, 0.1) is 19.1 Å². The number of amides is 1. The van der Waals surface area contributed by atoms with Crippen LogP contribution in [0.3, 0.4) is 0 Å². The number of H-pyrrole nitrogens is 1. The standard InChI is InChI=1S/C28H25N3O3S/c1-17-11-13-19(14-12-17)27-30-23(16-35-27)26(32)31-25(28(33)34)24(18-7-3-2-4-8-18)21-15-29-22-10-6-5-9-20(21)22/h2-4,6-8,10-15,23-25,27,29-30H,16H2,1H3,(H,31,32)(H,33,34)/t23-,24?,25?,27?/m0/s1. The summed E-state index contributed by atoms with van der Waals surface area (Å²) in [5.74, 6) is -1.47. The molecule has 0 saturated carbocycles. The minimum atomic E-state index is -1.16. The maximum absolute atomic E-state index is 13.3. The Balaban J connectivity index is 1.42. The molecule has 3 aromatic carbocycles. The molecule has 1 saturated heterocycles. The van der Waals surface area contributed by atoms with Gasteiger partial charge in [0.2, 0.25) is 5.91 Å². The van der Waals surface area contributed by atoms with E-state index in [1.165, 1.54) is 5.56 Å². The van der Waals surface area contributed by atoms with Gasteiger partial charge in [-0.1, -0.05) is 72.3 Å². The third-order valence-electron chi connectivity index (χ3n) is 6.34. The van der Waals surface area contributed by atoms with Crippen molar-refractivity contribution in [3.8, 4) is 0 Å². The molecule has 7 heteroatoms. The lowest BCUT2D eigenvalue weighted by Gasteiger charge is -2.26. The third-order valence-corrected chi connectivity index (χ3v) is 7.61. The zero-order valence-corrected chi connectivity index (χ0v) is 19.9. The Morgan fingerprint density at radius 1 is 1.11 bits per heavy atom. The molecule has 35 heavy (non-hydrogen) atoms. The predicted molar refractivity (Wildman–Crippen MR) is 137 cm³/mol. The summed E-state index contributed by atoms with van der Waals surface area (Å²) in [4.78, 5) is 29.0. The molecule has 0 spiro atoms. The predicted octanol–water partition coefficient (Wildman–Crippen LogP) is 4.18. The van der Waals surface area contributed by atoms with E-state index in [-0.39, 0.29) is 11.3 Å². The Morgan fingerprint density at radius 2 is 1.89 bits per heavy atom. The second-order valence-corrected chi connectivity index (χ2v) is 9.83. The number of rotatable bonds is 7. The highest BCUT2D eigenvalue weighted by Gasteiger charge is 2.37. The molecule has 1 amide bonds. The van der Waals surface area contributed by atoms with Crippen LogP contribution in [0.15, 0.2) is 72.9 Å². The molecular weight excluding hydrogens is 458 g/mol. The minimum Gasteiger partial charge on any atom is -0.480 e. The van der Waals surface area contributed by atoms with Gasteiger partial charge in [-0.25, -0.2) is 4.79 Å². The Kier molecular flexibility index (Phi) is 6.49. The topological polar surface area (TPSA) is 94.2 Å². The highest BCUT2D eigenvalue weighted by atomic mass is 32.2. The fourth-order valence-electron chi connectivity index (χ4n) is 4.52. The normalized spacial score (nSPS) is 19.1. The van der Waals surface area contributed by atoms with E-state index in [0.717, 1.165) is 27.6 Å². The van der Waals surface area contributed by atoms with Gasteiger partial charge in [-0.05, 0) is 35.7 Å². The number of aryl methyl sites for hydroxylation is 1. The average molecular weight is 484 g/mol. The third kappa shape index (κ3) is 4.76. The molecule has 176 valence electrons. The first kappa shape index (κ1) is 23.0. The molecule has 4 N–H and O–H groups in total. The van der Waals surface area contributed by atoms with Crippen LogP contribution in [-0.4, -0.2) is 39.8 Å². The Bertz CT molecular complexity index is 1340. The van der Waals surface area contributed by atoms with Crippen molar-refractivity contribution in [2.75, 3.05) is 5.75 Å². The maximum atomic E-state index is 13.3. The molecule has 1 aliphatic heterocycles. The number of fused-ring (bicyclic) bond motifs is 1. The van der Waals surface area contributed by atoms with Gasteiger partial charge in [0.1, 0.15) is 6.04 Å². The average Bonchev–Trinajstić information content (AvgIpc) is 3.53. The summed E-state index contributed by atoms with van der Waals surface area (Å²) >= 11 is 1.64. The molecule has 1 aromatic heterocycles. The fourth-order valence-corrected chi connectivity index (χ4v) is 5.76. The highest BCUT2D eigenvalue weighted by molar-refractivity contribution is 7.99. The van der Waals surface area contributed by atoms with Crippen molar-refractivity contribution in [3.05, 3.63) is 107 Å². The first-order valence-electron chi connectivity index (χ1n) is 11.4. The van der Waals surface area contributed by atoms with Crippen LogP contribution < -0.4 is 10.6 Å². The van der Waals surface area contributed by atoms with Gasteiger partial charge in [0, 0.05) is 17.9 Å². The molecule has 3 unspecified atom stereocenters. The van der Waals surface area contributed by atoms with Gasteiger partial charge in [0.15, 0.2) is 0 Å². The number of hydrogen-bond acceptors (Lipinski definition) is 4. The fraction of sp³-hybridized carbons (Fsp3) is 0.214. The molecule has 0 aliphatic carbocycles. The van der Waals surface area contributed by atoms with Crippen molar-refractivity contribution < 1.29 is 14.7 Å². The number of carboxylic acid groups (broad SMARTS) is 1. The molecule has 4 atom stereocenters. The molecule has 0 radical (unpaired) electrons. The summed E-state index contributed by atoms with van der Waals surface area (Å²) in [6.07, 6.45) is 1.80. The van der Waals surface area contributed by atoms with Gasteiger partial charge >= 0.3 is 5.97 Å². The lowest BCUT2D eigenvalue weighted by Crippen LogP contribution is -2.51. The van der Waals surface area contributed by atoms with Crippen LogP contribution >= 0.6 is 11.8 Å². The molecule has 1 fully saturated rings. The summed E-state index contributed by atoms with van der Waals surface area (Å²) in [5, 5.41) is 17.2. The number of aromatic amines is 1. The number of thioether (sulfide) groups is 1. The zero-order valence-electron chi connectivity index (χ0n) is 19.1. The summed E-state index contributed by atoms with van der Waals surface area (Å²) < 4.78 is 0. The quantitative estimate of drug-likeness (QED) is 0.316. The van der Waals surface area contributed by atoms with Gasteiger partial charge < -0.3 is 15.4 Å². The number of benzene rings is 2. The van der Waals surface area contributed by atoms with Gasteiger partial charge in [0.25, 0.3) is 0 Å². The van der Waals surface area contributed by atoms with Crippen molar-refractivity contribution in [1.29, 1.82) is 0 Å². The van der Waals surface area contributed by atoms with Gasteiger partial charge in [-0.3, -0.25) is 10.1 Å². The van der Waals surface area contributed by atoms with Crippen LogP contribution in [0.2, 0.25) is 0 Å². The van der Waals surface area contributed by atoms with Crippen LogP contribution in [0.1, 0.15) is 33.5 Å². The molecule has 2 heterocycles. The van der Waals surface area contributed by atoms with E-state index in [4.69, 9.17) is 0 Å². The number of nitrogens with one attached hydrogen (secondary N) is 3. The maximum Gasteiger partial charge on any atom is 0.327 e. The summed E-state index contributed by atoms with van der Waals surface area (Å²) in [7, 11) is 0. The van der Waals surface area contributed by atoms with E-state index in [0.29, 0.717) is 5.75 Å². The van der Waals surface area contributed by atoms with Crippen molar-refractivity contribution >= 4 is 34.5 Å². The molecule has 1 aliphatic rings. The molecular formula is C28H25N3O3S. The van der Waals surface area contributed by atoms with Gasteiger partial charge in [-0.15, -0.1) is 11.8 Å². The number of carboxylic acids is 1. The lowest BCUT2D eigenvalue weighted by atomic mass is 9.84. The van der Waals surface area contributed by atoms with E-state index < -0.39 is 24.0 Å². The minimum absolute atomic E-state index is 0.0155. The van der Waals surface area contributed by atoms with Crippen LogP contribution in [-0.2, 0) is 9.59 Å². The smallest absolute Gasteiger partial charge is 0.327 e. The van der Waals surface area contributed by atoms with Gasteiger partial charge in [-0.2, -0.15) is 0 Å². The van der Waals surface area contributed by atoms with E-state index in [2.05, 4.69) is 39.9 Å².